The topological polar surface area (TPSA) is 3.24 Å². The smallest absolute Gasteiger partial charge is 0.0465 e. The maximum atomic E-state index is 2.47. The highest BCUT2D eigenvalue weighted by atomic mass is 15.1. The molecular formula is C65H61N. The van der Waals surface area contributed by atoms with E-state index < -0.39 is 0 Å². The fourth-order valence-electron chi connectivity index (χ4n) is 10.9. The molecule has 0 amide bonds. The predicted octanol–water partition coefficient (Wildman–Crippen LogP) is 18.5. The van der Waals surface area contributed by atoms with Crippen LogP contribution in [0.1, 0.15) is 99.7 Å². The highest BCUT2D eigenvalue weighted by Crippen LogP contribution is 2.53. The van der Waals surface area contributed by atoms with Gasteiger partial charge in [0.15, 0.2) is 0 Å². The Morgan fingerprint density at radius 3 is 1.50 bits per heavy atom. The first-order valence-corrected chi connectivity index (χ1v) is 24.1. The average Bonchev–Trinajstić information content (AvgIpc) is 3.71. The van der Waals surface area contributed by atoms with Gasteiger partial charge in [-0.2, -0.15) is 0 Å². The Balaban J connectivity index is 0.00000166. The number of benzene rings is 8. The maximum Gasteiger partial charge on any atom is 0.0465 e. The number of hydrogen-bond acceptors (Lipinski definition) is 1. The summed E-state index contributed by atoms with van der Waals surface area (Å²) in [6.07, 6.45) is 10.5. The Morgan fingerprint density at radius 2 is 0.879 bits per heavy atom. The lowest BCUT2D eigenvalue weighted by molar-refractivity contribution is 0.660. The second kappa shape index (κ2) is 17.1. The summed E-state index contributed by atoms with van der Waals surface area (Å²) in [5, 5.41) is 0. The van der Waals surface area contributed by atoms with E-state index in [9.17, 15) is 0 Å². The predicted molar refractivity (Wildman–Crippen MR) is 284 cm³/mol. The number of rotatable bonds is 7. The minimum absolute atomic E-state index is 0.105. The summed E-state index contributed by atoms with van der Waals surface area (Å²) < 4.78 is 0. The van der Waals surface area contributed by atoms with Gasteiger partial charge in [0.1, 0.15) is 0 Å². The summed E-state index contributed by atoms with van der Waals surface area (Å²) in [7, 11) is 0. The van der Waals surface area contributed by atoms with Gasteiger partial charge in [-0.1, -0.05) is 194 Å². The molecule has 66 heavy (non-hydrogen) atoms. The third-order valence-corrected chi connectivity index (χ3v) is 14.5. The van der Waals surface area contributed by atoms with Crippen molar-refractivity contribution in [3.8, 4) is 55.6 Å². The molecule has 1 heteroatoms. The van der Waals surface area contributed by atoms with Gasteiger partial charge in [-0.05, 0) is 169 Å². The van der Waals surface area contributed by atoms with Crippen LogP contribution in [0, 0.1) is 13.8 Å². The summed E-state index contributed by atoms with van der Waals surface area (Å²) in [5.41, 5.74) is 26.9. The first-order chi connectivity index (χ1) is 32.0. The molecule has 3 aliphatic rings. The van der Waals surface area contributed by atoms with E-state index >= 15 is 0 Å². The van der Waals surface area contributed by atoms with Crippen LogP contribution in [0.4, 0.5) is 17.1 Å². The Hall–Kier alpha value is -6.96. The summed E-state index contributed by atoms with van der Waals surface area (Å²) in [6, 6.07) is 64.0. The Labute approximate surface area is 393 Å². The molecular weight excluding hydrogens is 795 g/mol. The highest BCUT2D eigenvalue weighted by molar-refractivity contribution is 5.90. The quantitative estimate of drug-likeness (QED) is 0.154. The molecule has 0 aliphatic heterocycles. The summed E-state index contributed by atoms with van der Waals surface area (Å²) >= 11 is 0. The van der Waals surface area contributed by atoms with Crippen LogP contribution in [0.15, 0.2) is 188 Å². The van der Waals surface area contributed by atoms with Gasteiger partial charge in [0.25, 0.3) is 0 Å². The van der Waals surface area contributed by atoms with E-state index in [0.717, 1.165) is 18.5 Å². The zero-order chi connectivity index (χ0) is 45.7. The van der Waals surface area contributed by atoms with Crippen LogP contribution in [-0.4, -0.2) is 0 Å². The second-order valence-corrected chi connectivity index (χ2v) is 19.6. The second-order valence-electron chi connectivity index (χ2n) is 19.6. The minimum Gasteiger partial charge on any atom is -0.310 e. The van der Waals surface area contributed by atoms with Crippen LogP contribution in [0.25, 0.3) is 61.2 Å². The fraction of sp³-hybridized carbons (Fsp3) is 0.200. The van der Waals surface area contributed by atoms with Crippen molar-refractivity contribution in [3.63, 3.8) is 0 Å². The lowest BCUT2D eigenvalue weighted by Gasteiger charge is -2.30. The van der Waals surface area contributed by atoms with Crippen molar-refractivity contribution in [1.82, 2.24) is 0 Å². The van der Waals surface area contributed by atoms with Gasteiger partial charge in [-0.3, -0.25) is 0 Å². The molecule has 0 radical (unpaired) electrons. The molecule has 0 unspecified atom stereocenters. The fourth-order valence-corrected chi connectivity index (χ4v) is 10.9. The Kier molecular flexibility index (Phi) is 11.1. The van der Waals surface area contributed by atoms with E-state index in [-0.39, 0.29) is 10.8 Å². The van der Waals surface area contributed by atoms with E-state index in [2.05, 4.69) is 248 Å². The molecule has 0 bridgehead atoms. The van der Waals surface area contributed by atoms with E-state index in [0.29, 0.717) is 0 Å². The van der Waals surface area contributed by atoms with Crippen molar-refractivity contribution in [2.75, 3.05) is 4.90 Å². The van der Waals surface area contributed by atoms with E-state index in [1.807, 2.05) is 0 Å². The molecule has 0 spiro atoms. The van der Waals surface area contributed by atoms with Crippen LogP contribution >= 0.6 is 0 Å². The van der Waals surface area contributed by atoms with Crippen LogP contribution < -0.4 is 4.90 Å². The van der Waals surface area contributed by atoms with Gasteiger partial charge in [-0.25, -0.2) is 0 Å². The van der Waals surface area contributed by atoms with Crippen molar-refractivity contribution in [2.45, 2.75) is 85.5 Å². The third kappa shape index (κ3) is 7.36. The largest absolute Gasteiger partial charge is 0.310 e. The number of anilines is 3. The molecule has 0 aromatic heterocycles. The van der Waals surface area contributed by atoms with Crippen LogP contribution in [0.3, 0.4) is 0 Å². The molecule has 0 saturated heterocycles. The monoisotopic (exact) mass is 855 g/mol. The first-order valence-electron chi connectivity index (χ1n) is 24.1. The standard InChI is InChI=1S/C62H53N.C3H8/c1-40-15-10-11-18-50(40)52-21-14-20-51(41(52)2)45-25-23-43(24-26-45)44-27-30-47(31-28-44)63(48-32-35-55-53-19-12-13-22-57(53)61(3,4)59(55)38-48)49-33-36-56-54-34-29-46(42-16-8-7-9-17-42)37-58(54)62(5,6)60(56)39-49;1-3-2/h8,10-39H,7,9H2,1-6H3;3H2,1-2H3. The van der Waals surface area contributed by atoms with Crippen LogP contribution in [-0.2, 0) is 10.8 Å². The lowest BCUT2D eigenvalue weighted by Crippen LogP contribution is -2.18. The van der Waals surface area contributed by atoms with Crippen molar-refractivity contribution < 1.29 is 0 Å². The number of fused-ring (bicyclic) bond motifs is 6. The number of allylic oxidation sites excluding steroid dienone is 4. The molecule has 0 fully saturated rings. The van der Waals surface area contributed by atoms with Gasteiger partial charge in [0, 0.05) is 27.9 Å². The molecule has 0 heterocycles. The molecule has 8 aromatic rings. The first kappa shape index (κ1) is 43.0. The normalized spacial score (nSPS) is 14.6. The van der Waals surface area contributed by atoms with Gasteiger partial charge in [0.05, 0.1) is 0 Å². The van der Waals surface area contributed by atoms with Gasteiger partial charge in [0.2, 0.25) is 0 Å². The summed E-state index contributed by atoms with van der Waals surface area (Å²) in [4.78, 5) is 2.47. The molecule has 0 N–H and O–H groups in total. The molecule has 326 valence electrons. The zero-order valence-corrected chi connectivity index (χ0v) is 40.0. The van der Waals surface area contributed by atoms with Gasteiger partial charge >= 0.3 is 0 Å². The van der Waals surface area contributed by atoms with Crippen molar-refractivity contribution in [3.05, 3.63) is 227 Å². The molecule has 0 saturated carbocycles. The number of aryl methyl sites for hydroxylation is 1. The highest BCUT2D eigenvalue weighted by Gasteiger charge is 2.38. The number of nitrogens with zero attached hydrogens (tertiary/aromatic N) is 1. The van der Waals surface area contributed by atoms with Crippen LogP contribution in [0.5, 0.6) is 0 Å². The van der Waals surface area contributed by atoms with E-state index in [4.69, 9.17) is 0 Å². The van der Waals surface area contributed by atoms with Gasteiger partial charge < -0.3 is 4.90 Å². The van der Waals surface area contributed by atoms with E-state index in [1.165, 1.54) is 118 Å². The van der Waals surface area contributed by atoms with Gasteiger partial charge in [-0.15, -0.1) is 0 Å². The molecule has 11 rings (SSSR count). The Morgan fingerprint density at radius 1 is 0.409 bits per heavy atom. The summed E-state index contributed by atoms with van der Waals surface area (Å²) in [6.45, 7) is 18.2. The number of hydrogen-bond donors (Lipinski definition) is 0. The molecule has 3 aliphatic carbocycles. The lowest BCUT2D eigenvalue weighted by atomic mass is 9.81. The molecule has 1 nitrogen and oxygen atoms in total. The summed E-state index contributed by atoms with van der Waals surface area (Å²) in [5.74, 6) is 0. The molecule has 8 aromatic carbocycles. The minimum atomic E-state index is -0.154. The Bertz CT molecular complexity index is 3190. The molecule has 0 atom stereocenters. The SMILES string of the molecule is CCC.Cc1ccccc1-c1cccc(-c2ccc(-c3ccc(N(c4ccc5c(c4)C(C)(C)c4ccccc4-5)c4ccc5c(c4)C(C)(C)c4cc(C6=CCCC=C6)ccc4-5)cc3)cc2)c1C. The third-order valence-electron chi connectivity index (χ3n) is 14.5. The average molecular weight is 856 g/mol. The zero-order valence-electron chi connectivity index (χ0n) is 40.0. The van der Waals surface area contributed by atoms with Crippen LogP contribution in [0.2, 0.25) is 0 Å². The van der Waals surface area contributed by atoms with Crippen molar-refractivity contribution in [2.24, 2.45) is 0 Å². The van der Waals surface area contributed by atoms with Crippen molar-refractivity contribution in [1.29, 1.82) is 0 Å². The maximum absolute atomic E-state index is 2.47. The van der Waals surface area contributed by atoms with E-state index in [1.54, 1.807) is 0 Å². The van der Waals surface area contributed by atoms with Crippen molar-refractivity contribution >= 4 is 22.6 Å².